The summed E-state index contributed by atoms with van der Waals surface area (Å²) < 4.78 is 4.69. The molecule has 0 aliphatic carbocycles. The molecule has 0 unspecified atom stereocenters. The van der Waals surface area contributed by atoms with Gasteiger partial charge in [-0.3, -0.25) is 0 Å². The Labute approximate surface area is 91.9 Å². The smallest absolute Gasteiger partial charge is 0.330 e. The summed E-state index contributed by atoms with van der Waals surface area (Å²) in [7, 11) is 0. The first-order valence-corrected chi connectivity index (χ1v) is 4.64. The van der Waals surface area contributed by atoms with E-state index in [0.29, 0.717) is 12.2 Å². The first-order chi connectivity index (χ1) is 7.13. The molecule has 0 saturated carbocycles. The normalized spacial score (nSPS) is 10.5. The van der Waals surface area contributed by atoms with E-state index in [4.69, 9.17) is 22.1 Å². The lowest BCUT2D eigenvalue weighted by atomic mass is 10.3. The molecule has 0 fully saturated rings. The van der Waals surface area contributed by atoms with Gasteiger partial charge in [-0.15, -0.1) is 0 Å². The Morgan fingerprint density at radius 3 is 3.07 bits per heavy atom. The average molecular weight is 228 g/mol. The van der Waals surface area contributed by atoms with Crippen LogP contribution in [-0.4, -0.2) is 22.5 Å². The van der Waals surface area contributed by atoms with E-state index in [0.717, 1.165) is 0 Å². The van der Waals surface area contributed by atoms with E-state index in [1.165, 1.54) is 18.3 Å². The summed E-state index contributed by atoms with van der Waals surface area (Å²) in [6.07, 6.45) is 4.16. The van der Waals surface area contributed by atoms with Crippen LogP contribution >= 0.6 is 11.6 Å². The number of hydrogen-bond acceptors (Lipinski definition) is 5. The standard InChI is InChI=1S/C9H10ClN3O2/c1-2-15-7(14)4-3-6-5-12-9(11)13-8(6)10/h3-5H,2H2,1H3,(H2,11,12,13). The average Bonchev–Trinajstić information content (AvgIpc) is 2.17. The molecular weight excluding hydrogens is 218 g/mol. The van der Waals surface area contributed by atoms with Gasteiger partial charge in [-0.1, -0.05) is 11.6 Å². The van der Waals surface area contributed by atoms with Crippen LogP contribution in [0, 0.1) is 0 Å². The zero-order valence-electron chi connectivity index (χ0n) is 8.11. The fourth-order valence-electron chi connectivity index (χ4n) is 0.843. The van der Waals surface area contributed by atoms with Crippen molar-refractivity contribution in [3.8, 4) is 0 Å². The minimum absolute atomic E-state index is 0.0910. The van der Waals surface area contributed by atoms with Crippen LogP contribution in [0.1, 0.15) is 12.5 Å². The van der Waals surface area contributed by atoms with Gasteiger partial charge in [-0.05, 0) is 13.0 Å². The SMILES string of the molecule is CCOC(=O)C=Cc1cnc(N)nc1Cl. The molecule has 1 aromatic heterocycles. The minimum Gasteiger partial charge on any atom is -0.463 e. The van der Waals surface area contributed by atoms with Crippen molar-refractivity contribution in [2.45, 2.75) is 6.92 Å². The quantitative estimate of drug-likeness (QED) is 0.478. The Bertz CT molecular complexity index is 393. The van der Waals surface area contributed by atoms with Crippen molar-refractivity contribution in [3.05, 3.63) is 23.0 Å². The lowest BCUT2D eigenvalue weighted by Crippen LogP contribution is -1.99. The predicted octanol–water partition coefficient (Wildman–Crippen LogP) is 1.29. The number of nitrogens with zero attached hydrogens (tertiary/aromatic N) is 2. The van der Waals surface area contributed by atoms with Crippen molar-refractivity contribution in [3.63, 3.8) is 0 Å². The molecular formula is C9H10ClN3O2. The van der Waals surface area contributed by atoms with Gasteiger partial charge in [0.25, 0.3) is 0 Å². The van der Waals surface area contributed by atoms with E-state index in [9.17, 15) is 4.79 Å². The van der Waals surface area contributed by atoms with Crippen LogP contribution in [0.15, 0.2) is 12.3 Å². The van der Waals surface area contributed by atoms with E-state index < -0.39 is 5.97 Å². The Kier molecular flexibility index (Phi) is 4.05. The summed E-state index contributed by atoms with van der Waals surface area (Å²) in [6.45, 7) is 2.06. The van der Waals surface area contributed by atoms with Crippen LogP contribution < -0.4 is 5.73 Å². The van der Waals surface area contributed by atoms with Gasteiger partial charge in [0.2, 0.25) is 5.95 Å². The summed E-state index contributed by atoms with van der Waals surface area (Å²) in [5.74, 6) is -0.348. The summed E-state index contributed by atoms with van der Waals surface area (Å²) in [4.78, 5) is 18.4. The van der Waals surface area contributed by atoms with E-state index in [-0.39, 0.29) is 11.1 Å². The van der Waals surface area contributed by atoms with Gasteiger partial charge in [0.05, 0.1) is 6.61 Å². The third-order valence-electron chi connectivity index (χ3n) is 1.47. The highest BCUT2D eigenvalue weighted by atomic mass is 35.5. The van der Waals surface area contributed by atoms with Crippen LogP contribution in [0.3, 0.4) is 0 Å². The fourth-order valence-corrected chi connectivity index (χ4v) is 1.04. The molecule has 80 valence electrons. The van der Waals surface area contributed by atoms with Crippen molar-refractivity contribution in [2.75, 3.05) is 12.3 Å². The molecule has 0 aromatic carbocycles. The number of carbonyl (C=O) groups is 1. The molecule has 1 aromatic rings. The molecule has 0 saturated heterocycles. The summed E-state index contributed by atoms with van der Waals surface area (Å²) >= 11 is 5.76. The maximum Gasteiger partial charge on any atom is 0.330 e. The molecule has 0 bridgehead atoms. The molecule has 0 spiro atoms. The second-order valence-electron chi connectivity index (χ2n) is 2.56. The molecule has 2 N–H and O–H groups in total. The molecule has 0 aliphatic rings. The summed E-state index contributed by atoms with van der Waals surface area (Å²) in [5, 5.41) is 0.197. The lowest BCUT2D eigenvalue weighted by Gasteiger charge is -1.98. The third-order valence-corrected chi connectivity index (χ3v) is 1.78. The minimum atomic E-state index is -0.439. The second-order valence-corrected chi connectivity index (χ2v) is 2.92. The third kappa shape index (κ3) is 3.55. The molecule has 0 aliphatic heterocycles. The molecule has 1 rings (SSSR count). The number of aromatic nitrogens is 2. The maximum absolute atomic E-state index is 11.0. The Hall–Kier alpha value is -1.62. The van der Waals surface area contributed by atoms with E-state index >= 15 is 0 Å². The van der Waals surface area contributed by atoms with Gasteiger partial charge < -0.3 is 10.5 Å². The van der Waals surface area contributed by atoms with Crippen molar-refractivity contribution in [2.24, 2.45) is 0 Å². The van der Waals surface area contributed by atoms with Gasteiger partial charge in [0, 0.05) is 17.8 Å². The number of nitrogens with two attached hydrogens (primary N) is 1. The molecule has 5 nitrogen and oxygen atoms in total. The summed E-state index contributed by atoms with van der Waals surface area (Å²) in [6, 6.07) is 0. The first kappa shape index (κ1) is 11.5. The monoisotopic (exact) mass is 227 g/mol. The molecule has 0 amide bonds. The molecule has 1 heterocycles. The van der Waals surface area contributed by atoms with Crippen molar-refractivity contribution in [1.82, 2.24) is 9.97 Å². The van der Waals surface area contributed by atoms with Crippen molar-refractivity contribution in [1.29, 1.82) is 0 Å². The fraction of sp³-hybridized carbons (Fsp3) is 0.222. The number of esters is 1. The number of rotatable bonds is 3. The van der Waals surface area contributed by atoms with E-state index in [1.807, 2.05) is 0 Å². The summed E-state index contributed by atoms with van der Waals surface area (Å²) in [5.41, 5.74) is 5.82. The van der Waals surface area contributed by atoms with Crippen LogP contribution in [0.4, 0.5) is 5.95 Å². The van der Waals surface area contributed by atoms with Crippen LogP contribution in [0.25, 0.3) is 6.08 Å². The number of carbonyl (C=O) groups excluding carboxylic acids is 1. The van der Waals surface area contributed by atoms with Crippen LogP contribution in [0.5, 0.6) is 0 Å². The zero-order valence-corrected chi connectivity index (χ0v) is 8.86. The highest BCUT2D eigenvalue weighted by Gasteiger charge is 2.01. The number of halogens is 1. The second kappa shape index (κ2) is 5.31. The highest BCUT2D eigenvalue weighted by Crippen LogP contribution is 2.14. The Balaban J connectivity index is 2.76. The Morgan fingerprint density at radius 2 is 2.47 bits per heavy atom. The zero-order chi connectivity index (χ0) is 11.3. The number of anilines is 1. The highest BCUT2D eigenvalue weighted by molar-refractivity contribution is 6.31. The van der Waals surface area contributed by atoms with E-state index in [1.54, 1.807) is 6.92 Å². The molecule has 15 heavy (non-hydrogen) atoms. The maximum atomic E-state index is 11.0. The van der Waals surface area contributed by atoms with Gasteiger partial charge in [-0.25, -0.2) is 14.8 Å². The van der Waals surface area contributed by atoms with Crippen molar-refractivity contribution < 1.29 is 9.53 Å². The Morgan fingerprint density at radius 1 is 1.73 bits per heavy atom. The number of nitrogen functional groups attached to an aromatic ring is 1. The largest absolute Gasteiger partial charge is 0.463 e. The number of hydrogen-bond donors (Lipinski definition) is 1. The van der Waals surface area contributed by atoms with Gasteiger partial charge in [0.1, 0.15) is 5.15 Å². The van der Waals surface area contributed by atoms with Crippen molar-refractivity contribution >= 4 is 29.6 Å². The van der Waals surface area contributed by atoms with Gasteiger partial charge >= 0.3 is 5.97 Å². The molecule has 0 atom stereocenters. The van der Waals surface area contributed by atoms with Gasteiger partial charge in [0.15, 0.2) is 0 Å². The van der Waals surface area contributed by atoms with E-state index in [2.05, 4.69) is 9.97 Å². The lowest BCUT2D eigenvalue weighted by molar-refractivity contribution is -0.137. The number of ether oxygens (including phenoxy) is 1. The van der Waals surface area contributed by atoms with Gasteiger partial charge in [-0.2, -0.15) is 0 Å². The predicted molar refractivity (Wildman–Crippen MR) is 57.1 cm³/mol. The van der Waals surface area contributed by atoms with Crippen LogP contribution in [0.2, 0.25) is 5.15 Å². The van der Waals surface area contributed by atoms with Crippen LogP contribution in [-0.2, 0) is 9.53 Å². The molecule has 6 heteroatoms. The first-order valence-electron chi connectivity index (χ1n) is 4.26. The topological polar surface area (TPSA) is 78.1 Å². The molecule has 0 radical (unpaired) electrons.